The van der Waals surface area contributed by atoms with Gasteiger partial charge in [0.25, 0.3) is 5.56 Å². The van der Waals surface area contributed by atoms with Crippen LogP contribution in [0.15, 0.2) is 29.2 Å². The molecule has 15 heavy (non-hydrogen) atoms. The first-order valence-corrected chi connectivity index (χ1v) is 5.64. The number of hydrogen-bond donors (Lipinski definition) is 1. The van der Waals surface area contributed by atoms with Crippen LogP contribution in [0.25, 0.3) is 0 Å². The smallest absolute Gasteiger partial charge is 0.250 e. The minimum atomic E-state index is 0.0463. The molecule has 1 heterocycles. The lowest BCUT2D eigenvalue weighted by Crippen LogP contribution is -2.27. The average molecular weight is 229 g/mol. The van der Waals surface area contributed by atoms with E-state index in [1.807, 2.05) is 13.0 Å². The maximum Gasteiger partial charge on any atom is 0.250 e. The van der Waals surface area contributed by atoms with Gasteiger partial charge >= 0.3 is 0 Å². The summed E-state index contributed by atoms with van der Waals surface area (Å²) in [5.41, 5.74) is 0.0463. The predicted molar refractivity (Wildman–Crippen MR) is 63.5 cm³/mol. The van der Waals surface area contributed by atoms with E-state index in [2.05, 4.69) is 5.32 Å². The van der Waals surface area contributed by atoms with E-state index in [0.29, 0.717) is 6.54 Å². The minimum absolute atomic E-state index is 0.0463. The Kier molecular flexibility index (Phi) is 5.43. The van der Waals surface area contributed by atoms with Crippen LogP contribution >= 0.6 is 11.6 Å². The summed E-state index contributed by atoms with van der Waals surface area (Å²) in [7, 11) is 0. The van der Waals surface area contributed by atoms with Gasteiger partial charge in [0, 0.05) is 30.7 Å². The molecule has 0 aliphatic rings. The maximum atomic E-state index is 11.3. The third-order valence-electron chi connectivity index (χ3n) is 2.15. The van der Waals surface area contributed by atoms with E-state index in [1.54, 1.807) is 22.9 Å². The van der Waals surface area contributed by atoms with Crippen LogP contribution in [0.2, 0.25) is 0 Å². The van der Waals surface area contributed by atoms with Gasteiger partial charge in [0.1, 0.15) is 0 Å². The molecule has 0 aliphatic carbocycles. The number of halogens is 1. The Bertz CT molecular complexity index is 335. The molecule has 0 aromatic carbocycles. The lowest BCUT2D eigenvalue weighted by Gasteiger charge is -2.07. The Morgan fingerprint density at radius 3 is 2.93 bits per heavy atom. The van der Waals surface area contributed by atoms with Crippen molar-refractivity contribution < 1.29 is 0 Å². The summed E-state index contributed by atoms with van der Waals surface area (Å²) in [6.45, 7) is 4.38. The summed E-state index contributed by atoms with van der Waals surface area (Å²) in [6.07, 6.45) is 2.75. The molecule has 0 saturated carbocycles. The molecule has 0 radical (unpaired) electrons. The summed E-state index contributed by atoms with van der Waals surface area (Å²) >= 11 is 5.80. The van der Waals surface area contributed by atoms with Crippen LogP contribution in [0, 0.1) is 0 Å². The van der Waals surface area contributed by atoms with E-state index >= 15 is 0 Å². The third kappa shape index (κ3) is 5.00. The normalized spacial score (nSPS) is 12.7. The van der Waals surface area contributed by atoms with Crippen molar-refractivity contribution in [3.05, 3.63) is 34.7 Å². The van der Waals surface area contributed by atoms with Gasteiger partial charge in [0.2, 0.25) is 0 Å². The molecule has 3 nitrogen and oxygen atoms in total. The van der Waals surface area contributed by atoms with Crippen LogP contribution < -0.4 is 10.9 Å². The van der Waals surface area contributed by atoms with E-state index in [-0.39, 0.29) is 10.9 Å². The molecule has 0 aliphatic heterocycles. The molecular formula is C11H17ClN2O. The Labute approximate surface area is 95.1 Å². The Morgan fingerprint density at radius 1 is 1.47 bits per heavy atom. The summed E-state index contributed by atoms with van der Waals surface area (Å²) in [4.78, 5) is 11.3. The number of rotatable bonds is 6. The van der Waals surface area contributed by atoms with E-state index in [4.69, 9.17) is 11.6 Å². The number of aromatic nitrogens is 1. The Balaban J connectivity index is 2.21. The standard InChI is InChI=1S/C11H17ClN2O/c1-10(12)5-6-13-7-9-14-8-3-2-4-11(14)15/h2-4,8,10,13H,5-7,9H2,1H3. The molecular weight excluding hydrogens is 212 g/mol. The molecule has 0 saturated heterocycles. The highest BCUT2D eigenvalue weighted by Gasteiger charge is 1.96. The van der Waals surface area contributed by atoms with Gasteiger partial charge in [-0.2, -0.15) is 0 Å². The van der Waals surface area contributed by atoms with Gasteiger partial charge < -0.3 is 9.88 Å². The zero-order chi connectivity index (χ0) is 11.1. The van der Waals surface area contributed by atoms with Crippen molar-refractivity contribution in [3.8, 4) is 0 Å². The summed E-state index contributed by atoms with van der Waals surface area (Å²) in [5.74, 6) is 0. The van der Waals surface area contributed by atoms with Gasteiger partial charge in [-0.3, -0.25) is 4.79 Å². The molecule has 0 amide bonds. The van der Waals surface area contributed by atoms with Crippen LogP contribution in [-0.4, -0.2) is 23.0 Å². The molecule has 0 spiro atoms. The van der Waals surface area contributed by atoms with Crippen molar-refractivity contribution in [2.45, 2.75) is 25.3 Å². The number of hydrogen-bond acceptors (Lipinski definition) is 2. The number of pyridine rings is 1. The first-order valence-electron chi connectivity index (χ1n) is 5.20. The van der Waals surface area contributed by atoms with E-state index in [0.717, 1.165) is 19.5 Å². The summed E-state index contributed by atoms with van der Waals surface area (Å²) in [5, 5.41) is 3.45. The first-order chi connectivity index (χ1) is 7.20. The van der Waals surface area contributed by atoms with Crippen molar-refractivity contribution in [3.63, 3.8) is 0 Å². The van der Waals surface area contributed by atoms with E-state index < -0.39 is 0 Å². The fourth-order valence-corrected chi connectivity index (χ4v) is 1.38. The SMILES string of the molecule is CC(Cl)CCNCCn1ccccc1=O. The highest BCUT2D eigenvalue weighted by atomic mass is 35.5. The highest BCUT2D eigenvalue weighted by molar-refractivity contribution is 6.20. The van der Waals surface area contributed by atoms with Crippen molar-refractivity contribution in [1.29, 1.82) is 0 Å². The van der Waals surface area contributed by atoms with Crippen LogP contribution in [0.1, 0.15) is 13.3 Å². The molecule has 1 unspecified atom stereocenters. The van der Waals surface area contributed by atoms with Gasteiger partial charge in [-0.15, -0.1) is 11.6 Å². The second-order valence-corrected chi connectivity index (χ2v) is 4.30. The number of nitrogens with zero attached hydrogens (tertiary/aromatic N) is 1. The van der Waals surface area contributed by atoms with Crippen LogP contribution in [0.4, 0.5) is 0 Å². The van der Waals surface area contributed by atoms with E-state index in [9.17, 15) is 4.79 Å². The number of nitrogens with one attached hydrogen (secondary N) is 1. The largest absolute Gasteiger partial charge is 0.315 e. The third-order valence-corrected chi connectivity index (χ3v) is 2.37. The van der Waals surface area contributed by atoms with Gasteiger partial charge in [-0.05, 0) is 26.0 Å². The quantitative estimate of drug-likeness (QED) is 0.591. The second-order valence-electron chi connectivity index (χ2n) is 3.55. The Hall–Kier alpha value is -0.800. The predicted octanol–water partition coefficient (Wildman–Crippen LogP) is 1.46. The fourth-order valence-electron chi connectivity index (χ4n) is 1.27. The van der Waals surface area contributed by atoms with E-state index in [1.165, 1.54) is 0 Å². The molecule has 1 atom stereocenters. The van der Waals surface area contributed by atoms with Gasteiger partial charge in [0.05, 0.1) is 0 Å². The lowest BCUT2D eigenvalue weighted by atomic mass is 10.3. The van der Waals surface area contributed by atoms with Crippen molar-refractivity contribution in [1.82, 2.24) is 9.88 Å². The maximum absolute atomic E-state index is 11.3. The molecule has 84 valence electrons. The van der Waals surface area contributed by atoms with Crippen LogP contribution in [0.5, 0.6) is 0 Å². The molecule has 1 rings (SSSR count). The van der Waals surface area contributed by atoms with Crippen molar-refractivity contribution in [2.75, 3.05) is 13.1 Å². The fraction of sp³-hybridized carbons (Fsp3) is 0.545. The molecule has 1 aromatic heterocycles. The number of alkyl halides is 1. The monoisotopic (exact) mass is 228 g/mol. The highest BCUT2D eigenvalue weighted by Crippen LogP contribution is 1.96. The van der Waals surface area contributed by atoms with Gasteiger partial charge in [-0.1, -0.05) is 6.07 Å². The van der Waals surface area contributed by atoms with Gasteiger partial charge in [-0.25, -0.2) is 0 Å². The van der Waals surface area contributed by atoms with Crippen LogP contribution in [-0.2, 0) is 6.54 Å². The van der Waals surface area contributed by atoms with Crippen molar-refractivity contribution >= 4 is 11.6 Å². The molecule has 1 N–H and O–H groups in total. The van der Waals surface area contributed by atoms with Crippen molar-refractivity contribution in [2.24, 2.45) is 0 Å². The summed E-state index contributed by atoms with van der Waals surface area (Å²) < 4.78 is 1.69. The molecule has 4 heteroatoms. The topological polar surface area (TPSA) is 34.0 Å². The average Bonchev–Trinajstić information content (AvgIpc) is 2.20. The molecule has 0 bridgehead atoms. The zero-order valence-corrected chi connectivity index (χ0v) is 9.70. The lowest BCUT2D eigenvalue weighted by molar-refractivity contribution is 0.571. The first kappa shape index (κ1) is 12.3. The molecule has 0 fully saturated rings. The molecule has 1 aromatic rings. The zero-order valence-electron chi connectivity index (χ0n) is 8.95. The van der Waals surface area contributed by atoms with Gasteiger partial charge in [0.15, 0.2) is 0 Å². The Morgan fingerprint density at radius 2 is 2.27 bits per heavy atom. The summed E-state index contributed by atoms with van der Waals surface area (Å²) in [6, 6.07) is 5.19. The minimum Gasteiger partial charge on any atom is -0.315 e. The second kappa shape index (κ2) is 6.64. The van der Waals surface area contributed by atoms with Crippen LogP contribution in [0.3, 0.4) is 0 Å².